The Labute approximate surface area is 101 Å². The minimum absolute atomic E-state index is 0.272. The summed E-state index contributed by atoms with van der Waals surface area (Å²) in [4.78, 5) is 0. The summed E-state index contributed by atoms with van der Waals surface area (Å²) >= 11 is 0. The third-order valence-electron chi connectivity index (χ3n) is 2.56. The Hall–Kier alpha value is -1.74. The van der Waals surface area contributed by atoms with Gasteiger partial charge in [-0.25, -0.2) is 0 Å². The highest BCUT2D eigenvalue weighted by atomic mass is 16.5. The summed E-state index contributed by atoms with van der Waals surface area (Å²) in [6.07, 6.45) is 0.870. The molecule has 0 heterocycles. The average molecular weight is 232 g/mol. The Balaban J connectivity index is 2.08. The SMILES string of the molecule is COCCCOc1ccc2ccc(O)cc2c1. The van der Waals surface area contributed by atoms with Crippen molar-refractivity contribution in [2.75, 3.05) is 20.3 Å². The molecule has 0 aliphatic carbocycles. The zero-order valence-corrected chi connectivity index (χ0v) is 9.85. The van der Waals surface area contributed by atoms with Crippen LogP contribution in [0.1, 0.15) is 6.42 Å². The van der Waals surface area contributed by atoms with Crippen LogP contribution in [0.3, 0.4) is 0 Å². The van der Waals surface area contributed by atoms with Crippen LogP contribution in [0.2, 0.25) is 0 Å². The molecule has 0 aliphatic rings. The summed E-state index contributed by atoms with van der Waals surface area (Å²) in [6.45, 7) is 1.34. The highest BCUT2D eigenvalue weighted by molar-refractivity contribution is 5.85. The van der Waals surface area contributed by atoms with E-state index in [1.54, 1.807) is 19.2 Å². The standard InChI is InChI=1S/C14H16O3/c1-16-7-2-8-17-14-6-4-11-3-5-13(15)9-12(11)10-14/h3-6,9-10,15H,2,7-8H2,1H3. The molecule has 0 radical (unpaired) electrons. The molecule has 3 heteroatoms. The third kappa shape index (κ3) is 3.11. The van der Waals surface area contributed by atoms with Crippen LogP contribution in [-0.4, -0.2) is 25.4 Å². The van der Waals surface area contributed by atoms with Crippen molar-refractivity contribution in [3.63, 3.8) is 0 Å². The van der Waals surface area contributed by atoms with E-state index in [2.05, 4.69) is 0 Å². The number of phenolic OH excluding ortho intramolecular Hbond substituents is 1. The lowest BCUT2D eigenvalue weighted by molar-refractivity contribution is 0.172. The molecule has 0 amide bonds. The molecule has 2 rings (SSSR count). The van der Waals surface area contributed by atoms with Gasteiger partial charge in [-0.2, -0.15) is 0 Å². The lowest BCUT2D eigenvalue weighted by Gasteiger charge is -2.07. The molecule has 0 atom stereocenters. The first-order chi connectivity index (χ1) is 8.29. The van der Waals surface area contributed by atoms with E-state index in [0.29, 0.717) is 13.2 Å². The maximum atomic E-state index is 9.41. The number of fused-ring (bicyclic) bond motifs is 1. The molecule has 0 aromatic heterocycles. The first-order valence-electron chi connectivity index (χ1n) is 5.64. The van der Waals surface area contributed by atoms with Crippen molar-refractivity contribution in [3.8, 4) is 11.5 Å². The van der Waals surface area contributed by atoms with Gasteiger partial charge in [-0.1, -0.05) is 12.1 Å². The summed E-state index contributed by atoms with van der Waals surface area (Å²) in [5, 5.41) is 11.5. The number of hydrogen-bond acceptors (Lipinski definition) is 3. The first kappa shape index (κ1) is 11.7. The number of phenols is 1. The van der Waals surface area contributed by atoms with Gasteiger partial charge in [-0.15, -0.1) is 0 Å². The van der Waals surface area contributed by atoms with E-state index in [9.17, 15) is 5.11 Å². The minimum Gasteiger partial charge on any atom is -0.508 e. The molecule has 1 N–H and O–H groups in total. The van der Waals surface area contributed by atoms with Gasteiger partial charge in [0, 0.05) is 20.1 Å². The highest BCUT2D eigenvalue weighted by Crippen LogP contribution is 2.24. The smallest absolute Gasteiger partial charge is 0.119 e. The van der Waals surface area contributed by atoms with E-state index < -0.39 is 0 Å². The van der Waals surface area contributed by atoms with Crippen molar-refractivity contribution < 1.29 is 14.6 Å². The first-order valence-corrected chi connectivity index (χ1v) is 5.64. The van der Waals surface area contributed by atoms with Gasteiger partial charge in [-0.3, -0.25) is 0 Å². The number of rotatable bonds is 5. The predicted molar refractivity (Wildman–Crippen MR) is 67.6 cm³/mol. The zero-order chi connectivity index (χ0) is 12.1. The van der Waals surface area contributed by atoms with E-state index in [1.807, 2.05) is 24.3 Å². The number of ether oxygens (including phenoxy) is 2. The highest BCUT2D eigenvalue weighted by Gasteiger charge is 1.98. The molecule has 2 aromatic rings. The molecule has 0 unspecified atom stereocenters. The van der Waals surface area contributed by atoms with E-state index in [4.69, 9.17) is 9.47 Å². The molecular weight excluding hydrogens is 216 g/mol. The van der Waals surface area contributed by atoms with Crippen LogP contribution in [0.25, 0.3) is 10.8 Å². The molecule has 0 aliphatic heterocycles. The summed E-state index contributed by atoms with van der Waals surface area (Å²) in [5.74, 6) is 1.09. The second-order valence-electron chi connectivity index (χ2n) is 3.89. The molecule has 90 valence electrons. The molecule has 0 fully saturated rings. The normalized spacial score (nSPS) is 10.6. The van der Waals surface area contributed by atoms with Gasteiger partial charge in [0.2, 0.25) is 0 Å². The Morgan fingerprint density at radius 1 is 1.00 bits per heavy atom. The lowest BCUT2D eigenvalue weighted by atomic mass is 10.1. The van der Waals surface area contributed by atoms with Gasteiger partial charge < -0.3 is 14.6 Å². The topological polar surface area (TPSA) is 38.7 Å². The molecule has 2 aromatic carbocycles. The summed E-state index contributed by atoms with van der Waals surface area (Å²) in [5.41, 5.74) is 0. The van der Waals surface area contributed by atoms with Crippen LogP contribution in [0.4, 0.5) is 0 Å². The number of benzene rings is 2. The van der Waals surface area contributed by atoms with Crippen LogP contribution in [0, 0.1) is 0 Å². The number of methoxy groups -OCH3 is 1. The van der Waals surface area contributed by atoms with Gasteiger partial charge in [0.25, 0.3) is 0 Å². The molecule has 0 saturated carbocycles. The molecule has 17 heavy (non-hydrogen) atoms. The summed E-state index contributed by atoms with van der Waals surface area (Å²) in [7, 11) is 1.68. The summed E-state index contributed by atoms with van der Waals surface area (Å²) < 4.78 is 10.5. The lowest BCUT2D eigenvalue weighted by Crippen LogP contribution is -2.01. The Bertz CT molecular complexity index is 494. The molecular formula is C14H16O3. The van der Waals surface area contributed by atoms with Crippen molar-refractivity contribution in [2.45, 2.75) is 6.42 Å². The molecule has 0 bridgehead atoms. The number of aromatic hydroxyl groups is 1. The van der Waals surface area contributed by atoms with E-state index in [1.165, 1.54) is 0 Å². The van der Waals surface area contributed by atoms with Crippen molar-refractivity contribution in [1.29, 1.82) is 0 Å². The fourth-order valence-electron chi connectivity index (χ4n) is 1.70. The van der Waals surface area contributed by atoms with Crippen molar-refractivity contribution >= 4 is 10.8 Å². The van der Waals surface area contributed by atoms with Gasteiger partial charge in [0.15, 0.2) is 0 Å². The van der Waals surface area contributed by atoms with Crippen LogP contribution >= 0.6 is 0 Å². The molecule has 0 spiro atoms. The maximum Gasteiger partial charge on any atom is 0.119 e. The van der Waals surface area contributed by atoms with Gasteiger partial charge >= 0.3 is 0 Å². The largest absolute Gasteiger partial charge is 0.508 e. The zero-order valence-electron chi connectivity index (χ0n) is 9.85. The van der Waals surface area contributed by atoms with Crippen molar-refractivity contribution in [1.82, 2.24) is 0 Å². The van der Waals surface area contributed by atoms with Gasteiger partial charge in [-0.05, 0) is 35.0 Å². The van der Waals surface area contributed by atoms with E-state index in [0.717, 1.165) is 22.9 Å². The Kier molecular flexibility index (Phi) is 3.83. The minimum atomic E-state index is 0.272. The third-order valence-corrected chi connectivity index (χ3v) is 2.56. The van der Waals surface area contributed by atoms with Crippen molar-refractivity contribution in [2.24, 2.45) is 0 Å². The van der Waals surface area contributed by atoms with Crippen LogP contribution < -0.4 is 4.74 Å². The van der Waals surface area contributed by atoms with Gasteiger partial charge in [0.1, 0.15) is 11.5 Å². The van der Waals surface area contributed by atoms with Gasteiger partial charge in [0.05, 0.1) is 6.61 Å². The van der Waals surface area contributed by atoms with Crippen LogP contribution in [0.5, 0.6) is 11.5 Å². The average Bonchev–Trinajstić information content (AvgIpc) is 2.34. The fraction of sp³-hybridized carbons (Fsp3) is 0.286. The second kappa shape index (κ2) is 5.55. The second-order valence-corrected chi connectivity index (χ2v) is 3.89. The van der Waals surface area contributed by atoms with Crippen LogP contribution in [-0.2, 0) is 4.74 Å². The number of hydrogen-bond donors (Lipinski definition) is 1. The Morgan fingerprint density at radius 3 is 2.65 bits per heavy atom. The molecule has 0 saturated heterocycles. The molecule has 3 nitrogen and oxygen atoms in total. The summed E-state index contributed by atoms with van der Waals surface area (Å²) in [6, 6.07) is 11.2. The Morgan fingerprint density at radius 2 is 1.82 bits per heavy atom. The fourth-order valence-corrected chi connectivity index (χ4v) is 1.70. The quantitative estimate of drug-likeness (QED) is 0.805. The maximum absolute atomic E-state index is 9.41. The van der Waals surface area contributed by atoms with Crippen LogP contribution in [0.15, 0.2) is 36.4 Å². The van der Waals surface area contributed by atoms with E-state index in [-0.39, 0.29) is 5.75 Å². The van der Waals surface area contributed by atoms with Crippen molar-refractivity contribution in [3.05, 3.63) is 36.4 Å². The van der Waals surface area contributed by atoms with E-state index >= 15 is 0 Å². The monoisotopic (exact) mass is 232 g/mol. The predicted octanol–water partition coefficient (Wildman–Crippen LogP) is 2.96.